The molecule has 0 spiro atoms. The number of imidazole rings is 1. The molecule has 2 amide bonds. The van der Waals surface area contributed by atoms with Crippen molar-refractivity contribution in [2.75, 3.05) is 19.6 Å². The van der Waals surface area contributed by atoms with E-state index in [2.05, 4.69) is 15.0 Å². The van der Waals surface area contributed by atoms with E-state index in [1.165, 1.54) is 0 Å². The normalized spacial score (nSPS) is 16.6. The molecular formula is C22H28N6O2S. The molecule has 9 heteroatoms. The smallest absolute Gasteiger partial charge is 0.257 e. The Morgan fingerprint density at radius 1 is 1.23 bits per heavy atom. The van der Waals surface area contributed by atoms with Crippen molar-refractivity contribution in [3.05, 3.63) is 46.7 Å². The van der Waals surface area contributed by atoms with Crippen molar-refractivity contribution < 1.29 is 9.59 Å². The highest BCUT2D eigenvalue weighted by Gasteiger charge is 2.31. The van der Waals surface area contributed by atoms with Crippen LogP contribution in [0.25, 0.3) is 4.96 Å². The second kappa shape index (κ2) is 9.13. The average molecular weight is 441 g/mol. The van der Waals surface area contributed by atoms with Gasteiger partial charge in [0.2, 0.25) is 5.91 Å². The van der Waals surface area contributed by atoms with E-state index in [0.29, 0.717) is 36.7 Å². The van der Waals surface area contributed by atoms with Crippen LogP contribution in [0.15, 0.2) is 24.0 Å². The highest BCUT2D eigenvalue weighted by molar-refractivity contribution is 7.15. The number of rotatable bonds is 6. The predicted molar refractivity (Wildman–Crippen MR) is 119 cm³/mol. The molecule has 1 aliphatic rings. The first kappa shape index (κ1) is 21.4. The average Bonchev–Trinajstić information content (AvgIpc) is 3.36. The Morgan fingerprint density at radius 2 is 2.03 bits per heavy atom. The number of carbonyl (C=O) groups is 2. The van der Waals surface area contributed by atoms with E-state index in [1.54, 1.807) is 22.4 Å². The lowest BCUT2D eigenvalue weighted by Crippen LogP contribution is -2.40. The van der Waals surface area contributed by atoms with Gasteiger partial charge in [0, 0.05) is 43.6 Å². The Hall–Kier alpha value is -2.81. The van der Waals surface area contributed by atoms with Gasteiger partial charge >= 0.3 is 0 Å². The van der Waals surface area contributed by atoms with Crippen LogP contribution in [0.2, 0.25) is 0 Å². The minimum Gasteiger partial charge on any atom is -0.339 e. The zero-order valence-electron chi connectivity index (χ0n) is 18.2. The van der Waals surface area contributed by atoms with E-state index < -0.39 is 0 Å². The summed E-state index contributed by atoms with van der Waals surface area (Å²) in [5.41, 5.74) is 1.96. The number of nitrogens with zero attached hydrogens (tertiary/aromatic N) is 6. The molecule has 0 aromatic carbocycles. The molecule has 4 rings (SSSR count). The van der Waals surface area contributed by atoms with Crippen LogP contribution in [0.4, 0.5) is 0 Å². The van der Waals surface area contributed by atoms with E-state index in [9.17, 15) is 9.59 Å². The number of likely N-dealkylation sites (tertiary alicyclic amines) is 1. The second-order valence-corrected chi connectivity index (χ2v) is 8.68. The molecule has 1 aliphatic heterocycles. The first-order valence-electron chi connectivity index (χ1n) is 10.8. The van der Waals surface area contributed by atoms with Crippen LogP contribution in [0.1, 0.15) is 66.7 Å². The third kappa shape index (κ3) is 4.32. The molecular weight excluding hydrogens is 412 g/mol. The van der Waals surface area contributed by atoms with Crippen LogP contribution in [0, 0.1) is 6.92 Å². The Kier molecular flexibility index (Phi) is 6.31. The minimum absolute atomic E-state index is 0.0417. The Balaban J connectivity index is 1.53. The van der Waals surface area contributed by atoms with Gasteiger partial charge in [0.25, 0.3) is 5.91 Å². The molecule has 1 fully saturated rings. The predicted octanol–water partition coefficient (Wildman–Crippen LogP) is 3.27. The highest BCUT2D eigenvalue weighted by Crippen LogP contribution is 2.30. The van der Waals surface area contributed by atoms with Crippen molar-refractivity contribution in [2.45, 2.75) is 52.5 Å². The summed E-state index contributed by atoms with van der Waals surface area (Å²) in [4.78, 5) is 44.1. The zero-order valence-corrected chi connectivity index (χ0v) is 19.1. The third-order valence-electron chi connectivity index (χ3n) is 5.88. The van der Waals surface area contributed by atoms with Gasteiger partial charge in [0.1, 0.15) is 0 Å². The molecule has 1 unspecified atom stereocenters. The summed E-state index contributed by atoms with van der Waals surface area (Å²) in [5, 5.41) is 1.98. The van der Waals surface area contributed by atoms with Gasteiger partial charge in [0.15, 0.2) is 10.8 Å². The van der Waals surface area contributed by atoms with Gasteiger partial charge in [-0.05, 0) is 40.0 Å². The van der Waals surface area contributed by atoms with E-state index in [4.69, 9.17) is 0 Å². The van der Waals surface area contributed by atoms with Crippen molar-refractivity contribution in [2.24, 2.45) is 0 Å². The van der Waals surface area contributed by atoms with Crippen molar-refractivity contribution in [3.63, 3.8) is 0 Å². The van der Waals surface area contributed by atoms with Crippen molar-refractivity contribution in [1.82, 2.24) is 29.2 Å². The van der Waals surface area contributed by atoms with Gasteiger partial charge < -0.3 is 9.80 Å². The minimum atomic E-state index is -0.165. The summed E-state index contributed by atoms with van der Waals surface area (Å²) in [6, 6.07) is -0.165. The lowest BCUT2D eigenvalue weighted by molar-refractivity contribution is -0.134. The van der Waals surface area contributed by atoms with Crippen LogP contribution in [0.5, 0.6) is 0 Å². The summed E-state index contributed by atoms with van der Waals surface area (Å²) >= 11 is 1.55. The number of carbonyl (C=O) groups excluding carboxylic acids is 2. The number of amides is 2. The maximum absolute atomic E-state index is 13.1. The quantitative estimate of drug-likeness (QED) is 0.587. The summed E-state index contributed by atoms with van der Waals surface area (Å²) in [6.45, 7) is 7.74. The van der Waals surface area contributed by atoms with Gasteiger partial charge in [-0.1, -0.05) is 0 Å². The van der Waals surface area contributed by atoms with Crippen LogP contribution >= 0.6 is 11.3 Å². The number of piperidine rings is 1. The van der Waals surface area contributed by atoms with Crippen LogP contribution in [0.3, 0.4) is 0 Å². The lowest BCUT2D eigenvalue weighted by Gasteiger charge is -2.35. The number of aromatic nitrogens is 4. The summed E-state index contributed by atoms with van der Waals surface area (Å²) < 4.78 is 1.94. The first-order chi connectivity index (χ1) is 15.0. The summed E-state index contributed by atoms with van der Waals surface area (Å²) in [5.74, 6) is 0.609. The molecule has 8 nitrogen and oxygen atoms in total. The maximum Gasteiger partial charge on any atom is 0.257 e. The molecule has 1 saturated heterocycles. The number of hydrogen-bond acceptors (Lipinski definition) is 6. The number of fused-ring (bicyclic) bond motifs is 1. The Morgan fingerprint density at radius 3 is 2.74 bits per heavy atom. The fourth-order valence-electron chi connectivity index (χ4n) is 4.15. The van der Waals surface area contributed by atoms with Gasteiger partial charge in [-0.2, -0.15) is 0 Å². The SMILES string of the molecule is CCN(CC)C(=O)c1cnc(C2CCCCN2C(=O)Cc2cn3ccsc3n2)nc1C. The van der Waals surface area contributed by atoms with Crippen LogP contribution in [-0.4, -0.2) is 60.6 Å². The fraction of sp³-hybridized carbons (Fsp3) is 0.500. The molecule has 31 heavy (non-hydrogen) atoms. The molecule has 1 atom stereocenters. The van der Waals surface area contributed by atoms with Gasteiger partial charge in [-0.15, -0.1) is 11.3 Å². The van der Waals surface area contributed by atoms with Gasteiger partial charge in [-0.3, -0.25) is 14.0 Å². The Bertz CT molecular complexity index is 1060. The molecule has 3 aromatic rings. The first-order valence-corrected chi connectivity index (χ1v) is 11.7. The topological polar surface area (TPSA) is 83.7 Å². The Labute approximate surface area is 185 Å². The van der Waals surface area contributed by atoms with Crippen molar-refractivity contribution in [3.8, 4) is 0 Å². The largest absolute Gasteiger partial charge is 0.339 e. The zero-order chi connectivity index (χ0) is 22.0. The third-order valence-corrected chi connectivity index (χ3v) is 6.65. The highest BCUT2D eigenvalue weighted by atomic mass is 32.1. The molecule has 0 aliphatic carbocycles. The number of hydrogen-bond donors (Lipinski definition) is 0. The maximum atomic E-state index is 13.1. The van der Waals surface area contributed by atoms with Crippen molar-refractivity contribution in [1.29, 1.82) is 0 Å². The molecule has 0 bridgehead atoms. The van der Waals surface area contributed by atoms with Gasteiger partial charge in [-0.25, -0.2) is 15.0 Å². The summed E-state index contributed by atoms with van der Waals surface area (Å²) in [6.07, 6.45) is 8.57. The molecule has 164 valence electrons. The van der Waals surface area contributed by atoms with Crippen molar-refractivity contribution >= 4 is 28.1 Å². The number of aryl methyl sites for hydroxylation is 1. The molecule has 4 heterocycles. The van der Waals surface area contributed by atoms with Gasteiger partial charge in [0.05, 0.1) is 29.4 Å². The number of thiazole rings is 1. The van der Waals surface area contributed by atoms with Crippen LogP contribution < -0.4 is 0 Å². The molecule has 0 saturated carbocycles. The van der Waals surface area contributed by atoms with E-state index in [0.717, 1.165) is 29.9 Å². The molecule has 0 N–H and O–H groups in total. The standard InChI is InChI=1S/C22H28N6O2S/c1-4-26(5-2)21(30)17-13-23-20(24-15(17)3)18-8-6-7-9-28(18)19(29)12-16-14-27-10-11-31-22(27)25-16/h10-11,13-14,18H,4-9,12H2,1-3H3. The lowest BCUT2D eigenvalue weighted by atomic mass is 10.00. The fourth-order valence-corrected chi connectivity index (χ4v) is 4.87. The van der Waals surface area contributed by atoms with Crippen LogP contribution in [-0.2, 0) is 11.2 Å². The van der Waals surface area contributed by atoms with E-state index in [-0.39, 0.29) is 24.3 Å². The summed E-state index contributed by atoms with van der Waals surface area (Å²) in [7, 11) is 0. The second-order valence-electron chi connectivity index (χ2n) is 7.81. The van der Waals surface area contributed by atoms with E-state index >= 15 is 0 Å². The molecule has 3 aromatic heterocycles. The monoisotopic (exact) mass is 440 g/mol. The molecule has 0 radical (unpaired) electrons. The van der Waals surface area contributed by atoms with E-state index in [1.807, 2.05) is 47.8 Å².